The van der Waals surface area contributed by atoms with Crippen LogP contribution in [0, 0.1) is 10.9 Å². The van der Waals surface area contributed by atoms with E-state index in [0.29, 0.717) is 19.5 Å². The minimum atomic E-state index is -0.110. The molecule has 28 heavy (non-hydrogen) atoms. The van der Waals surface area contributed by atoms with Crippen molar-refractivity contribution in [2.45, 2.75) is 12.1 Å². The van der Waals surface area contributed by atoms with Crippen LogP contribution in [0.1, 0.15) is 5.56 Å². The Morgan fingerprint density at radius 1 is 1.14 bits per heavy atom. The molecule has 0 fully saturated rings. The second-order valence-electron chi connectivity index (χ2n) is 6.08. The van der Waals surface area contributed by atoms with E-state index < -0.39 is 0 Å². The summed E-state index contributed by atoms with van der Waals surface area (Å²) in [4.78, 5) is 18.2. The van der Waals surface area contributed by atoms with Gasteiger partial charge in [-0.3, -0.25) is 13.9 Å². The van der Waals surface area contributed by atoms with Crippen LogP contribution in [0.15, 0.2) is 58.5 Å². The first kappa shape index (κ1) is 18.9. The highest BCUT2D eigenvalue weighted by Gasteiger charge is 2.19. The van der Waals surface area contributed by atoms with Gasteiger partial charge in [0.25, 0.3) is 5.56 Å². The Bertz CT molecular complexity index is 1300. The number of hydrogen-bond donors (Lipinski definition) is 0. The lowest BCUT2D eigenvalue weighted by Crippen LogP contribution is -2.22. The molecule has 0 atom stereocenters. The summed E-state index contributed by atoms with van der Waals surface area (Å²) in [5, 5.41) is 0.622. The summed E-state index contributed by atoms with van der Waals surface area (Å²) in [6.07, 6.45) is 1.92. The third-order valence-corrected chi connectivity index (χ3v) is 6.42. The van der Waals surface area contributed by atoms with E-state index in [4.69, 9.17) is 21.9 Å². The van der Waals surface area contributed by atoms with Gasteiger partial charge in [0.1, 0.15) is 10.4 Å². The second-order valence-corrected chi connectivity index (χ2v) is 8.50. The van der Waals surface area contributed by atoms with Crippen molar-refractivity contribution in [3.63, 3.8) is 0 Å². The molecule has 4 aromatic rings. The largest absolute Gasteiger partial charge is 0.497 e. The molecule has 2 aromatic carbocycles. The zero-order valence-corrected chi connectivity index (χ0v) is 18.0. The fourth-order valence-corrected chi connectivity index (χ4v) is 4.92. The zero-order valence-electron chi connectivity index (χ0n) is 15.5. The molecule has 5 nitrogen and oxygen atoms in total. The minimum Gasteiger partial charge on any atom is -0.497 e. The van der Waals surface area contributed by atoms with Crippen LogP contribution in [0.5, 0.6) is 5.75 Å². The average molecular weight is 428 g/mol. The Balaban J connectivity index is 2.06. The minimum absolute atomic E-state index is 0.110. The van der Waals surface area contributed by atoms with Gasteiger partial charge in [-0.15, -0.1) is 0 Å². The number of thioether (sulfide) groups is 1. The lowest BCUT2D eigenvalue weighted by molar-refractivity contribution is 0.414. The van der Waals surface area contributed by atoms with E-state index in [2.05, 4.69) is 0 Å². The van der Waals surface area contributed by atoms with Gasteiger partial charge in [-0.2, -0.15) is 0 Å². The first-order valence-electron chi connectivity index (χ1n) is 8.48. The molecule has 0 amide bonds. The van der Waals surface area contributed by atoms with E-state index in [0.717, 1.165) is 22.7 Å². The van der Waals surface area contributed by atoms with Crippen LogP contribution in [0.3, 0.4) is 0 Å². The molecule has 2 aromatic heterocycles. The maximum Gasteiger partial charge on any atom is 0.278 e. The highest BCUT2D eigenvalue weighted by Crippen LogP contribution is 2.28. The monoisotopic (exact) mass is 427 g/mol. The van der Waals surface area contributed by atoms with Gasteiger partial charge in [0.05, 0.1) is 18.5 Å². The van der Waals surface area contributed by atoms with Gasteiger partial charge in [0.2, 0.25) is 0 Å². The van der Waals surface area contributed by atoms with Gasteiger partial charge >= 0.3 is 0 Å². The number of fused-ring (bicyclic) bond motifs is 1. The van der Waals surface area contributed by atoms with Gasteiger partial charge in [-0.1, -0.05) is 47.4 Å². The maximum absolute atomic E-state index is 13.4. The van der Waals surface area contributed by atoms with Crippen molar-refractivity contribution in [3.05, 3.63) is 68.4 Å². The maximum atomic E-state index is 13.4. The summed E-state index contributed by atoms with van der Waals surface area (Å²) in [6.45, 7) is 1.99. The van der Waals surface area contributed by atoms with Crippen LogP contribution in [0.2, 0.25) is 0 Å². The molecule has 142 valence electrons. The topological polar surface area (TPSA) is 49.0 Å². The van der Waals surface area contributed by atoms with Gasteiger partial charge < -0.3 is 4.74 Å². The first-order chi connectivity index (χ1) is 13.5. The molecule has 8 heteroatoms. The summed E-state index contributed by atoms with van der Waals surface area (Å²) >= 11 is 8.30. The van der Waals surface area contributed by atoms with Crippen LogP contribution in [-0.2, 0) is 0 Å². The second kappa shape index (κ2) is 7.54. The molecular formula is C20H17N3O2S3. The van der Waals surface area contributed by atoms with Crippen molar-refractivity contribution >= 4 is 45.7 Å². The molecule has 0 unspecified atom stereocenters. The number of aromatic nitrogens is 3. The molecule has 0 saturated heterocycles. The molecule has 2 heterocycles. The molecule has 0 bridgehead atoms. The summed E-state index contributed by atoms with van der Waals surface area (Å²) in [7, 11) is 1.62. The molecule has 4 rings (SSSR count). The van der Waals surface area contributed by atoms with E-state index in [9.17, 15) is 4.79 Å². The molecule has 0 aliphatic rings. The van der Waals surface area contributed by atoms with Crippen molar-refractivity contribution in [1.82, 2.24) is 14.1 Å². The van der Waals surface area contributed by atoms with E-state index in [1.165, 1.54) is 23.1 Å². The van der Waals surface area contributed by atoms with Gasteiger partial charge in [-0.05, 0) is 49.2 Å². The SMILES string of the molecule is COc1cccc(-n2c(=S)sc3c(=O)n(-c4ccccc4C)c(SC)nc32)c1. The smallest absolute Gasteiger partial charge is 0.278 e. The summed E-state index contributed by atoms with van der Waals surface area (Å²) in [5.41, 5.74) is 3.13. The third-order valence-electron chi connectivity index (χ3n) is 4.43. The number of nitrogens with zero attached hydrogens (tertiary/aromatic N) is 3. The highest BCUT2D eigenvalue weighted by atomic mass is 32.2. The Morgan fingerprint density at radius 2 is 1.93 bits per heavy atom. The number of thiazole rings is 1. The Labute approximate surface area is 175 Å². The van der Waals surface area contributed by atoms with E-state index in [1.54, 1.807) is 11.7 Å². The van der Waals surface area contributed by atoms with Crippen molar-refractivity contribution in [2.75, 3.05) is 13.4 Å². The number of ether oxygens (including phenoxy) is 1. The standard InChI is InChI=1S/C20H17N3O2S3/c1-12-7-4-5-10-15(12)23-18(24)16-17(21-19(23)27-3)22(20(26)28-16)13-8-6-9-14(11-13)25-2/h4-11H,1-3H3. The van der Waals surface area contributed by atoms with Crippen molar-refractivity contribution in [3.8, 4) is 17.1 Å². The lowest BCUT2D eigenvalue weighted by Gasteiger charge is -2.13. The Morgan fingerprint density at radius 3 is 2.64 bits per heavy atom. The summed E-state index contributed by atoms with van der Waals surface area (Å²) < 4.78 is 9.94. The fraction of sp³-hybridized carbons (Fsp3) is 0.150. The molecule has 0 N–H and O–H groups in total. The molecule has 0 radical (unpaired) electrons. The molecule has 0 saturated carbocycles. The number of aryl methyl sites for hydroxylation is 1. The van der Waals surface area contributed by atoms with E-state index in [-0.39, 0.29) is 5.56 Å². The van der Waals surface area contributed by atoms with Gasteiger partial charge in [0.15, 0.2) is 14.8 Å². The number of hydrogen-bond acceptors (Lipinski definition) is 6. The van der Waals surface area contributed by atoms with Crippen molar-refractivity contribution in [1.29, 1.82) is 0 Å². The van der Waals surface area contributed by atoms with Crippen molar-refractivity contribution < 1.29 is 4.74 Å². The lowest BCUT2D eigenvalue weighted by atomic mass is 10.2. The third kappa shape index (κ3) is 3.07. The molecular weight excluding hydrogens is 410 g/mol. The summed E-state index contributed by atoms with van der Waals surface area (Å²) in [6, 6.07) is 15.4. The zero-order chi connectivity index (χ0) is 19.8. The molecule has 0 aliphatic carbocycles. The quantitative estimate of drug-likeness (QED) is 0.260. The van der Waals surface area contributed by atoms with Gasteiger partial charge in [0, 0.05) is 6.07 Å². The predicted molar refractivity (Wildman–Crippen MR) is 118 cm³/mol. The van der Waals surface area contributed by atoms with E-state index >= 15 is 0 Å². The van der Waals surface area contributed by atoms with Crippen LogP contribution < -0.4 is 10.3 Å². The van der Waals surface area contributed by atoms with Crippen LogP contribution in [-0.4, -0.2) is 27.5 Å². The fourth-order valence-electron chi connectivity index (χ4n) is 3.08. The number of methoxy groups -OCH3 is 1. The van der Waals surface area contributed by atoms with Crippen molar-refractivity contribution in [2.24, 2.45) is 0 Å². The normalized spacial score (nSPS) is 11.1. The van der Waals surface area contributed by atoms with Crippen LogP contribution in [0.25, 0.3) is 21.7 Å². The summed E-state index contributed by atoms with van der Waals surface area (Å²) in [5.74, 6) is 0.720. The molecule has 0 spiro atoms. The van der Waals surface area contributed by atoms with Gasteiger partial charge in [-0.25, -0.2) is 4.98 Å². The number of benzene rings is 2. The average Bonchev–Trinajstić information content (AvgIpc) is 3.05. The Kier molecular flexibility index (Phi) is 5.09. The number of para-hydroxylation sites is 1. The van der Waals surface area contributed by atoms with Crippen LogP contribution >= 0.6 is 35.3 Å². The highest BCUT2D eigenvalue weighted by molar-refractivity contribution is 7.98. The Hall–Kier alpha value is -2.42. The number of rotatable bonds is 4. The molecule has 0 aliphatic heterocycles. The first-order valence-corrected chi connectivity index (χ1v) is 10.9. The van der Waals surface area contributed by atoms with E-state index in [1.807, 2.05) is 66.3 Å². The predicted octanol–water partition coefficient (Wildman–Crippen LogP) is 5.01. The van der Waals surface area contributed by atoms with Crippen LogP contribution in [0.4, 0.5) is 0 Å².